The van der Waals surface area contributed by atoms with Crippen molar-refractivity contribution < 1.29 is 9.53 Å². The zero-order valence-corrected chi connectivity index (χ0v) is 12.8. The standard InChI is InChI=1S/C15H13BrO2S/c1-19-14-8-2-11(3-9-14)15(17)10-18-13-6-4-12(16)5-7-13/h2-9H,10H2,1H3. The van der Waals surface area contributed by atoms with Gasteiger partial charge in [0.05, 0.1) is 0 Å². The molecule has 0 aliphatic heterocycles. The SMILES string of the molecule is CSc1ccc(C(=O)COc2ccc(Br)cc2)cc1. The predicted octanol–water partition coefficient (Wildman–Crippen LogP) is 4.43. The first-order valence-corrected chi connectivity index (χ1v) is 7.76. The molecule has 2 rings (SSSR count). The molecule has 0 radical (unpaired) electrons. The van der Waals surface area contributed by atoms with Crippen LogP contribution in [0.5, 0.6) is 5.75 Å². The summed E-state index contributed by atoms with van der Waals surface area (Å²) in [5.41, 5.74) is 0.676. The largest absolute Gasteiger partial charge is 0.485 e. The summed E-state index contributed by atoms with van der Waals surface area (Å²) < 4.78 is 6.44. The van der Waals surface area contributed by atoms with Crippen molar-refractivity contribution in [3.63, 3.8) is 0 Å². The number of ether oxygens (including phenoxy) is 1. The molecule has 0 aliphatic rings. The van der Waals surface area contributed by atoms with Gasteiger partial charge in [-0.15, -0.1) is 11.8 Å². The van der Waals surface area contributed by atoms with Gasteiger partial charge in [-0.1, -0.05) is 28.1 Å². The van der Waals surface area contributed by atoms with Crippen molar-refractivity contribution in [1.82, 2.24) is 0 Å². The predicted molar refractivity (Wildman–Crippen MR) is 82.2 cm³/mol. The van der Waals surface area contributed by atoms with E-state index in [2.05, 4.69) is 15.9 Å². The number of carbonyl (C=O) groups excluding carboxylic acids is 1. The number of carbonyl (C=O) groups is 1. The lowest BCUT2D eigenvalue weighted by Crippen LogP contribution is -2.11. The highest BCUT2D eigenvalue weighted by Gasteiger charge is 2.06. The van der Waals surface area contributed by atoms with Crippen molar-refractivity contribution in [3.05, 3.63) is 58.6 Å². The molecule has 4 heteroatoms. The van der Waals surface area contributed by atoms with Crippen molar-refractivity contribution in [2.24, 2.45) is 0 Å². The molecule has 0 bridgehead atoms. The number of thioether (sulfide) groups is 1. The van der Waals surface area contributed by atoms with E-state index in [0.717, 1.165) is 9.37 Å². The lowest BCUT2D eigenvalue weighted by atomic mass is 10.1. The van der Waals surface area contributed by atoms with Crippen LogP contribution in [0.2, 0.25) is 0 Å². The first-order chi connectivity index (χ1) is 9.19. The molecule has 19 heavy (non-hydrogen) atoms. The maximum Gasteiger partial charge on any atom is 0.200 e. The van der Waals surface area contributed by atoms with Gasteiger partial charge in [0.15, 0.2) is 12.4 Å². The molecule has 0 N–H and O–H groups in total. The van der Waals surface area contributed by atoms with Gasteiger partial charge < -0.3 is 4.74 Å². The quantitative estimate of drug-likeness (QED) is 0.596. The van der Waals surface area contributed by atoms with Crippen LogP contribution >= 0.6 is 27.7 Å². The Morgan fingerprint density at radius 3 is 2.32 bits per heavy atom. The van der Waals surface area contributed by atoms with E-state index in [1.54, 1.807) is 11.8 Å². The Labute approximate surface area is 125 Å². The zero-order chi connectivity index (χ0) is 13.7. The van der Waals surface area contributed by atoms with E-state index >= 15 is 0 Å². The van der Waals surface area contributed by atoms with Gasteiger partial charge in [0.1, 0.15) is 5.75 Å². The fourth-order valence-electron chi connectivity index (χ4n) is 1.54. The number of rotatable bonds is 5. The van der Waals surface area contributed by atoms with E-state index < -0.39 is 0 Å². The molecule has 0 aliphatic carbocycles. The third kappa shape index (κ3) is 4.11. The average molecular weight is 337 g/mol. The highest BCUT2D eigenvalue weighted by molar-refractivity contribution is 9.10. The fraction of sp³-hybridized carbons (Fsp3) is 0.133. The van der Waals surface area contributed by atoms with Crippen molar-refractivity contribution in [3.8, 4) is 5.75 Å². The summed E-state index contributed by atoms with van der Waals surface area (Å²) in [5, 5.41) is 0. The van der Waals surface area contributed by atoms with Gasteiger partial charge in [0.2, 0.25) is 0 Å². The molecule has 0 amide bonds. The highest BCUT2D eigenvalue weighted by atomic mass is 79.9. The van der Waals surface area contributed by atoms with Crippen LogP contribution in [0.1, 0.15) is 10.4 Å². The Morgan fingerprint density at radius 1 is 1.11 bits per heavy atom. The minimum Gasteiger partial charge on any atom is -0.485 e. The fourth-order valence-corrected chi connectivity index (χ4v) is 2.21. The second kappa shape index (κ2) is 6.78. The van der Waals surface area contributed by atoms with Gasteiger partial charge in [0.25, 0.3) is 0 Å². The third-order valence-corrected chi connectivity index (χ3v) is 3.87. The molecule has 0 saturated carbocycles. The van der Waals surface area contributed by atoms with E-state index in [9.17, 15) is 4.79 Å². The van der Waals surface area contributed by atoms with E-state index in [-0.39, 0.29) is 12.4 Å². The molecule has 2 aromatic rings. The van der Waals surface area contributed by atoms with Gasteiger partial charge in [-0.05, 0) is 42.7 Å². The van der Waals surface area contributed by atoms with Crippen molar-refractivity contribution >= 4 is 33.5 Å². The number of hydrogen-bond donors (Lipinski definition) is 0. The third-order valence-electron chi connectivity index (χ3n) is 2.60. The maximum atomic E-state index is 11.9. The summed E-state index contributed by atoms with van der Waals surface area (Å²) in [7, 11) is 0. The first-order valence-electron chi connectivity index (χ1n) is 5.74. The first kappa shape index (κ1) is 14.2. The van der Waals surface area contributed by atoms with E-state index in [0.29, 0.717) is 11.3 Å². The molecule has 2 nitrogen and oxygen atoms in total. The lowest BCUT2D eigenvalue weighted by molar-refractivity contribution is 0.0921. The summed E-state index contributed by atoms with van der Waals surface area (Å²) >= 11 is 5.01. The Kier molecular flexibility index (Phi) is 5.05. The molecule has 0 aromatic heterocycles. The summed E-state index contributed by atoms with van der Waals surface area (Å²) in [6.45, 7) is 0.0558. The van der Waals surface area contributed by atoms with Gasteiger partial charge in [-0.25, -0.2) is 0 Å². The lowest BCUT2D eigenvalue weighted by Gasteiger charge is -2.06. The molecule has 0 atom stereocenters. The van der Waals surface area contributed by atoms with Crippen LogP contribution in [0.15, 0.2) is 57.9 Å². The van der Waals surface area contributed by atoms with E-state index in [1.807, 2.05) is 54.8 Å². The van der Waals surface area contributed by atoms with E-state index in [1.165, 1.54) is 0 Å². The topological polar surface area (TPSA) is 26.3 Å². The Balaban J connectivity index is 1.95. The molecule has 0 fully saturated rings. The van der Waals surface area contributed by atoms with Crippen molar-refractivity contribution in [1.29, 1.82) is 0 Å². The number of Topliss-reactive ketones (excluding diaryl/α,β-unsaturated/α-hetero) is 1. The molecule has 0 spiro atoms. The van der Waals surface area contributed by atoms with Crippen molar-refractivity contribution in [2.45, 2.75) is 4.90 Å². The van der Waals surface area contributed by atoms with Crippen LogP contribution in [0.25, 0.3) is 0 Å². The minimum atomic E-state index is -0.0180. The molecular weight excluding hydrogens is 324 g/mol. The summed E-state index contributed by atoms with van der Waals surface area (Å²) in [6, 6.07) is 15.0. The average Bonchev–Trinajstić information content (AvgIpc) is 2.46. The van der Waals surface area contributed by atoms with Crippen LogP contribution in [-0.4, -0.2) is 18.6 Å². The van der Waals surface area contributed by atoms with Crippen LogP contribution < -0.4 is 4.74 Å². The minimum absolute atomic E-state index is 0.0180. The Bertz CT molecular complexity index is 549. The van der Waals surface area contributed by atoms with Gasteiger partial charge >= 0.3 is 0 Å². The van der Waals surface area contributed by atoms with Crippen LogP contribution in [-0.2, 0) is 0 Å². The Morgan fingerprint density at radius 2 is 1.74 bits per heavy atom. The van der Waals surface area contributed by atoms with Crippen LogP contribution in [0.3, 0.4) is 0 Å². The molecular formula is C15H13BrO2S. The Hall–Kier alpha value is -1.26. The number of ketones is 1. The smallest absolute Gasteiger partial charge is 0.200 e. The maximum absolute atomic E-state index is 11.9. The van der Waals surface area contributed by atoms with E-state index in [4.69, 9.17) is 4.74 Å². The second-order valence-electron chi connectivity index (χ2n) is 3.89. The van der Waals surface area contributed by atoms with Crippen molar-refractivity contribution in [2.75, 3.05) is 12.9 Å². The van der Waals surface area contributed by atoms with Crippen LogP contribution in [0.4, 0.5) is 0 Å². The normalized spacial score (nSPS) is 10.2. The van der Waals surface area contributed by atoms with Gasteiger partial charge in [-0.3, -0.25) is 4.79 Å². The number of halogens is 1. The van der Waals surface area contributed by atoms with Gasteiger partial charge in [0, 0.05) is 14.9 Å². The summed E-state index contributed by atoms with van der Waals surface area (Å²) in [4.78, 5) is 13.1. The second-order valence-corrected chi connectivity index (χ2v) is 5.69. The number of hydrogen-bond acceptors (Lipinski definition) is 3. The molecule has 98 valence electrons. The highest BCUT2D eigenvalue weighted by Crippen LogP contribution is 2.17. The zero-order valence-electron chi connectivity index (χ0n) is 10.4. The molecule has 2 aromatic carbocycles. The van der Waals surface area contributed by atoms with Gasteiger partial charge in [-0.2, -0.15) is 0 Å². The number of benzene rings is 2. The molecule has 0 heterocycles. The molecule has 0 saturated heterocycles. The monoisotopic (exact) mass is 336 g/mol. The summed E-state index contributed by atoms with van der Waals surface area (Å²) in [6.07, 6.45) is 2.01. The van der Waals surface area contributed by atoms with Crippen LogP contribution in [0, 0.1) is 0 Å². The summed E-state index contributed by atoms with van der Waals surface area (Å²) in [5.74, 6) is 0.674. The molecule has 0 unspecified atom stereocenters.